The SMILES string of the molecule is COC(=O)C1=C(C)NC(=O)N[C@H]1c1ccc(-c2ccccc2Cl)o1. The van der Waals surface area contributed by atoms with E-state index in [1.165, 1.54) is 7.11 Å². The number of ether oxygens (including phenoxy) is 1. The minimum atomic E-state index is -0.734. The number of hydrogen-bond donors (Lipinski definition) is 2. The number of halogens is 1. The van der Waals surface area contributed by atoms with Crippen LogP contribution in [0.1, 0.15) is 18.7 Å². The number of nitrogens with one attached hydrogen (secondary N) is 2. The van der Waals surface area contributed by atoms with Crippen LogP contribution >= 0.6 is 11.6 Å². The average molecular weight is 347 g/mol. The molecular formula is C17H15ClN2O4. The van der Waals surface area contributed by atoms with Crippen LogP contribution in [0.25, 0.3) is 11.3 Å². The maximum absolute atomic E-state index is 12.1. The highest BCUT2D eigenvalue weighted by Crippen LogP contribution is 2.34. The molecule has 1 aromatic heterocycles. The summed E-state index contributed by atoms with van der Waals surface area (Å²) in [6.45, 7) is 1.63. The first-order valence-electron chi connectivity index (χ1n) is 7.22. The van der Waals surface area contributed by atoms with Crippen LogP contribution in [0.15, 0.2) is 52.1 Å². The first kappa shape index (κ1) is 16.1. The molecule has 6 nitrogen and oxygen atoms in total. The van der Waals surface area contributed by atoms with Crippen molar-refractivity contribution in [1.82, 2.24) is 10.6 Å². The van der Waals surface area contributed by atoms with Crippen molar-refractivity contribution in [2.45, 2.75) is 13.0 Å². The van der Waals surface area contributed by atoms with Gasteiger partial charge in [-0.25, -0.2) is 9.59 Å². The highest BCUT2D eigenvalue weighted by molar-refractivity contribution is 6.33. The summed E-state index contributed by atoms with van der Waals surface area (Å²) in [5.74, 6) is 0.422. The molecule has 1 aromatic carbocycles. The molecule has 0 aliphatic carbocycles. The van der Waals surface area contributed by atoms with Crippen LogP contribution in [-0.2, 0) is 9.53 Å². The van der Waals surface area contributed by atoms with Crippen LogP contribution in [0.3, 0.4) is 0 Å². The molecular weight excluding hydrogens is 332 g/mol. The number of amides is 2. The molecule has 7 heteroatoms. The lowest BCUT2D eigenvalue weighted by molar-refractivity contribution is -0.136. The molecule has 0 saturated heterocycles. The van der Waals surface area contributed by atoms with Gasteiger partial charge in [0.05, 0.1) is 17.7 Å². The van der Waals surface area contributed by atoms with Crippen LogP contribution in [0.4, 0.5) is 4.79 Å². The van der Waals surface area contributed by atoms with Gasteiger partial charge in [0.2, 0.25) is 0 Å². The Hall–Kier alpha value is -2.73. The van der Waals surface area contributed by atoms with Crippen LogP contribution in [0.2, 0.25) is 5.02 Å². The summed E-state index contributed by atoms with van der Waals surface area (Å²) in [4.78, 5) is 23.8. The van der Waals surface area contributed by atoms with Gasteiger partial charge < -0.3 is 19.8 Å². The fourth-order valence-corrected chi connectivity index (χ4v) is 2.83. The van der Waals surface area contributed by atoms with Crippen molar-refractivity contribution in [2.24, 2.45) is 0 Å². The number of benzene rings is 1. The Bertz CT molecular complexity index is 841. The van der Waals surface area contributed by atoms with E-state index in [0.29, 0.717) is 22.2 Å². The first-order valence-corrected chi connectivity index (χ1v) is 7.60. The first-order chi connectivity index (χ1) is 11.5. The number of carbonyl (C=O) groups is 2. The van der Waals surface area contributed by atoms with Gasteiger partial charge in [0, 0.05) is 11.3 Å². The number of urea groups is 1. The smallest absolute Gasteiger partial charge is 0.338 e. The van der Waals surface area contributed by atoms with Gasteiger partial charge in [-0.2, -0.15) is 0 Å². The molecule has 0 fully saturated rings. The Morgan fingerprint density at radius 3 is 2.71 bits per heavy atom. The summed E-state index contributed by atoms with van der Waals surface area (Å²) in [7, 11) is 1.29. The molecule has 0 unspecified atom stereocenters. The van der Waals surface area contributed by atoms with Crippen LogP contribution in [0.5, 0.6) is 0 Å². The van der Waals surface area contributed by atoms with E-state index in [9.17, 15) is 9.59 Å². The van der Waals surface area contributed by atoms with Crippen molar-refractivity contribution in [2.75, 3.05) is 7.11 Å². The predicted molar refractivity (Wildman–Crippen MR) is 88.3 cm³/mol. The molecule has 0 spiro atoms. The number of hydrogen-bond acceptors (Lipinski definition) is 4. The largest absolute Gasteiger partial charge is 0.466 e. The van der Waals surface area contributed by atoms with Gasteiger partial charge in [-0.05, 0) is 31.2 Å². The summed E-state index contributed by atoms with van der Waals surface area (Å²) in [5.41, 5.74) is 1.44. The monoisotopic (exact) mass is 346 g/mol. The molecule has 24 heavy (non-hydrogen) atoms. The molecule has 2 amide bonds. The summed E-state index contributed by atoms with van der Waals surface area (Å²) < 4.78 is 10.6. The Labute approximate surface area is 143 Å². The number of methoxy groups -OCH3 is 1. The summed E-state index contributed by atoms with van der Waals surface area (Å²) in [6.07, 6.45) is 0. The minimum absolute atomic E-state index is 0.289. The summed E-state index contributed by atoms with van der Waals surface area (Å²) >= 11 is 6.18. The van der Waals surface area contributed by atoms with Crippen LogP contribution in [0, 0.1) is 0 Å². The molecule has 0 saturated carbocycles. The third-order valence-electron chi connectivity index (χ3n) is 3.73. The Morgan fingerprint density at radius 2 is 2.00 bits per heavy atom. The second kappa shape index (κ2) is 6.41. The number of rotatable bonds is 3. The zero-order chi connectivity index (χ0) is 17.3. The highest BCUT2D eigenvalue weighted by atomic mass is 35.5. The van der Waals surface area contributed by atoms with Gasteiger partial charge >= 0.3 is 12.0 Å². The molecule has 2 N–H and O–H groups in total. The number of allylic oxidation sites excluding steroid dienone is 1. The van der Waals surface area contributed by atoms with Gasteiger partial charge in [-0.3, -0.25) is 0 Å². The second-order valence-corrected chi connectivity index (χ2v) is 5.65. The van der Waals surface area contributed by atoms with E-state index >= 15 is 0 Å². The standard InChI is InChI=1S/C17H15ClN2O4/c1-9-14(16(21)23-2)15(20-17(22)19-9)13-8-7-12(24-13)10-5-3-4-6-11(10)18/h3-8,15H,1-2H3,(H2,19,20,22)/t15-/m0/s1. The molecule has 0 bridgehead atoms. The molecule has 2 heterocycles. The van der Waals surface area contributed by atoms with Gasteiger partial charge in [-0.15, -0.1) is 0 Å². The quantitative estimate of drug-likeness (QED) is 0.835. The van der Waals surface area contributed by atoms with Gasteiger partial charge in [0.15, 0.2) is 0 Å². The summed E-state index contributed by atoms with van der Waals surface area (Å²) in [5, 5.41) is 5.78. The highest BCUT2D eigenvalue weighted by Gasteiger charge is 2.34. The van der Waals surface area contributed by atoms with E-state index in [1.807, 2.05) is 18.2 Å². The van der Waals surface area contributed by atoms with Crippen LogP contribution in [-0.4, -0.2) is 19.1 Å². The fraction of sp³-hybridized carbons (Fsp3) is 0.176. The Morgan fingerprint density at radius 1 is 1.25 bits per heavy atom. The summed E-state index contributed by atoms with van der Waals surface area (Å²) in [6, 6.07) is 9.55. The topological polar surface area (TPSA) is 80.6 Å². The zero-order valence-corrected chi connectivity index (χ0v) is 13.8. The van der Waals surface area contributed by atoms with Crippen molar-refractivity contribution >= 4 is 23.6 Å². The Kier molecular flexibility index (Phi) is 4.31. The van der Waals surface area contributed by atoms with Gasteiger partial charge in [0.1, 0.15) is 17.6 Å². The normalized spacial score (nSPS) is 17.3. The van der Waals surface area contributed by atoms with E-state index in [1.54, 1.807) is 25.1 Å². The minimum Gasteiger partial charge on any atom is -0.466 e. The number of furan rings is 1. The van der Waals surface area contributed by atoms with Crippen molar-refractivity contribution < 1.29 is 18.7 Å². The maximum atomic E-state index is 12.1. The maximum Gasteiger partial charge on any atom is 0.338 e. The van der Waals surface area contributed by atoms with E-state index in [4.69, 9.17) is 20.8 Å². The fourth-order valence-electron chi connectivity index (χ4n) is 2.60. The molecule has 0 radical (unpaired) electrons. The lowest BCUT2D eigenvalue weighted by Crippen LogP contribution is -2.45. The van der Waals surface area contributed by atoms with E-state index in [0.717, 1.165) is 5.56 Å². The third kappa shape index (κ3) is 2.88. The predicted octanol–water partition coefficient (Wildman–Crippen LogP) is 3.40. The number of esters is 1. The second-order valence-electron chi connectivity index (χ2n) is 5.24. The van der Waals surface area contributed by atoms with Crippen molar-refractivity contribution in [3.05, 3.63) is 58.5 Å². The molecule has 2 aromatic rings. The molecule has 1 aliphatic heterocycles. The average Bonchev–Trinajstić information content (AvgIpc) is 3.03. The van der Waals surface area contributed by atoms with Crippen molar-refractivity contribution in [1.29, 1.82) is 0 Å². The van der Waals surface area contributed by atoms with E-state index in [-0.39, 0.29) is 5.57 Å². The Balaban J connectivity index is 2.02. The molecule has 1 atom stereocenters. The lowest BCUT2D eigenvalue weighted by atomic mass is 10.0. The zero-order valence-electron chi connectivity index (χ0n) is 13.1. The molecule has 1 aliphatic rings. The van der Waals surface area contributed by atoms with E-state index in [2.05, 4.69) is 10.6 Å². The van der Waals surface area contributed by atoms with Crippen molar-refractivity contribution in [3.63, 3.8) is 0 Å². The third-order valence-corrected chi connectivity index (χ3v) is 4.05. The van der Waals surface area contributed by atoms with Crippen LogP contribution < -0.4 is 10.6 Å². The van der Waals surface area contributed by atoms with E-state index < -0.39 is 18.0 Å². The molecule has 3 rings (SSSR count). The molecule has 124 valence electrons. The van der Waals surface area contributed by atoms with Crippen molar-refractivity contribution in [3.8, 4) is 11.3 Å². The number of carbonyl (C=O) groups excluding carboxylic acids is 2. The lowest BCUT2D eigenvalue weighted by Gasteiger charge is -2.26. The van der Waals surface area contributed by atoms with Gasteiger partial charge in [0.25, 0.3) is 0 Å². The van der Waals surface area contributed by atoms with Gasteiger partial charge in [-0.1, -0.05) is 23.7 Å².